The molecule has 0 saturated heterocycles. The second-order valence-corrected chi connectivity index (χ2v) is 10.6. The molecular formula is C23H41NO3. The van der Waals surface area contributed by atoms with Crippen LogP contribution in [-0.2, 0) is 4.74 Å². The Kier molecular flexibility index (Phi) is 6.76. The summed E-state index contributed by atoms with van der Waals surface area (Å²) in [5, 5.41) is 14.0. The normalized spacial score (nSPS) is 30.2. The van der Waals surface area contributed by atoms with E-state index in [0.717, 1.165) is 50.9 Å². The zero-order chi connectivity index (χ0) is 19.5. The number of aliphatic hydroxyl groups is 1. The second-order valence-electron chi connectivity index (χ2n) is 10.6. The minimum atomic E-state index is -0.449. The summed E-state index contributed by atoms with van der Waals surface area (Å²) in [4.78, 5) is 12.3. The van der Waals surface area contributed by atoms with E-state index in [1.54, 1.807) is 0 Å². The van der Waals surface area contributed by atoms with Crippen LogP contribution in [0.25, 0.3) is 0 Å². The summed E-state index contributed by atoms with van der Waals surface area (Å²) < 4.78 is 5.51. The molecule has 1 atom stereocenters. The molecule has 2 N–H and O–H groups in total. The number of ether oxygens (including phenoxy) is 1. The van der Waals surface area contributed by atoms with Gasteiger partial charge in [0.05, 0.1) is 6.10 Å². The lowest BCUT2D eigenvalue weighted by Crippen LogP contribution is -2.59. The number of rotatable bonds is 5. The Bertz CT molecular complexity index is 480. The van der Waals surface area contributed by atoms with Crippen molar-refractivity contribution in [3.05, 3.63) is 0 Å². The first-order chi connectivity index (χ1) is 12.8. The van der Waals surface area contributed by atoms with Crippen molar-refractivity contribution in [2.45, 2.75) is 121 Å². The van der Waals surface area contributed by atoms with E-state index in [-0.39, 0.29) is 17.7 Å². The lowest BCUT2D eigenvalue weighted by Gasteiger charge is -2.50. The Hall–Kier alpha value is -0.770. The van der Waals surface area contributed by atoms with Crippen molar-refractivity contribution in [2.24, 2.45) is 17.8 Å². The van der Waals surface area contributed by atoms with Gasteiger partial charge in [-0.2, -0.15) is 0 Å². The van der Waals surface area contributed by atoms with Crippen LogP contribution < -0.4 is 5.32 Å². The second kappa shape index (κ2) is 8.71. The number of nitrogens with one attached hydrogen (secondary N) is 1. The fourth-order valence-electron chi connectivity index (χ4n) is 5.71. The summed E-state index contributed by atoms with van der Waals surface area (Å²) in [6.45, 7) is 5.75. The SMILES string of the molecule is CC(C)(C)OC(=O)NC1(C2CCC(C(O)CC3CCCCC3)CC2)CCC1. The number of amides is 1. The molecule has 156 valence electrons. The fourth-order valence-corrected chi connectivity index (χ4v) is 5.71. The Labute approximate surface area is 165 Å². The van der Waals surface area contributed by atoms with E-state index in [9.17, 15) is 9.90 Å². The molecule has 3 saturated carbocycles. The summed E-state index contributed by atoms with van der Waals surface area (Å²) >= 11 is 0. The number of hydrogen-bond donors (Lipinski definition) is 2. The van der Waals surface area contributed by atoms with Gasteiger partial charge >= 0.3 is 6.09 Å². The minimum absolute atomic E-state index is 0.0539. The van der Waals surface area contributed by atoms with E-state index in [1.165, 1.54) is 38.5 Å². The maximum Gasteiger partial charge on any atom is 0.408 e. The summed E-state index contributed by atoms with van der Waals surface area (Å²) in [7, 11) is 0. The summed E-state index contributed by atoms with van der Waals surface area (Å²) in [5.41, 5.74) is -0.502. The quantitative estimate of drug-likeness (QED) is 0.656. The number of carbonyl (C=O) groups excluding carboxylic acids is 1. The third-order valence-corrected chi connectivity index (χ3v) is 7.39. The number of aliphatic hydroxyl groups excluding tert-OH is 1. The molecule has 3 aliphatic rings. The summed E-state index contributed by atoms with van der Waals surface area (Å²) in [6.07, 6.45) is 15.2. The molecule has 0 aromatic carbocycles. The van der Waals surface area contributed by atoms with Gasteiger partial charge in [-0.3, -0.25) is 0 Å². The fraction of sp³-hybridized carbons (Fsp3) is 0.957. The Morgan fingerprint density at radius 3 is 2.19 bits per heavy atom. The minimum Gasteiger partial charge on any atom is -0.444 e. The average Bonchev–Trinajstić information content (AvgIpc) is 2.58. The molecule has 4 heteroatoms. The molecule has 3 aliphatic carbocycles. The number of hydrogen-bond acceptors (Lipinski definition) is 3. The predicted octanol–water partition coefficient (Wildman–Crippen LogP) is 5.57. The van der Waals surface area contributed by atoms with Gasteiger partial charge in [0.1, 0.15) is 5.60 Å². The van der Waals surface area contributed by atoms with Crippen LogP contribution >= 0.6 is 0 Å². The van der Waals surface area contributed by atoms with Gasteiger partial charge in [0, 0.05) is 5.54 Å². The number of carbonyl (C=O) groups is 1. The molecular weight excluding hydrogens is 338 g/mol. The average molecular weight is 380 g/mol. The molecule has 27 heavy (non-hydrogen) atoms. The first-order valence-corrected chi connectivity index (χ1v) is 11.5. The highest BCUT2D eigenvalue weighted by Gasteiger charge is 2.47. The highest BCUT2D eigenvalue weighted by molar-refractivity contribution is 5.69. The standard InChI is InChI=1S/C23H41NO3/c1-22(2,3)27-21(26)24-23(14-7-15-23)19-12-10-18(11-13-19)20(25)16-17-8-5-4-6-9-17/h17-20,25H,4-16H2,1-3H3,(H,24,26). The van der Waals surface area contributed by atoms with Crippen LogP contribution in [0.5, 0.6) is 0 Å². The van der Waals surface area contributed by atoms with E-state index in [0.29, 0.717) is 11.8 Å². The molecule has 0 bridgehead atoms. The molecule has 0 aromatic heterocycles. The molecule has 0 aromatic rings. The van der Waals surface area contributed by atoms with Gasteiger partial charge < -0.3 is 15.2 Å². The van der Waals surface area contributed by atoms with Gasteiger partial charge in [0.25, 0.3) is 0 Å². The molecule has 0 radical (unpaired) electrons. The van der Waals surface area contributed by atoms with E-state index in [2.05, 4.69) is 5.32 Å². The zero-order valence-corrected chi connectivity index (χ0v) is 17.8. The molecule has 0 heterocycles. The van der Waals surface area contributed by atoms with E-state index in [1.807, 2.05) is 20.8 Å². The van der Waals surface area contributed by atoms with Crippen LogP contribution in [0.3, 0.4) is 0 Å². The topological polar surface area (TPSA) is 58.6 Å². The van der Waals surface area contributed by atoms with Crippen LogP contribution in [0.2, 0.25) is 0 Å². The molecule has 4 nitrogen and oxygen atoms in total. The maximum absolute atomic E-state index is 12.3. The first kappa shape index (κ1) is 21.0. The van der Waals surface area contributed by atoms with E-state index < -0.39 is 5.60 Å². The van der Waals surface area contributed by atoms with Crippen molar-refractivity contribution in [3.8, 4) is 0 Å². The van der Waals surface area contributed by atoms with Gasteiger partial charge in [0.2, 0.25) is 0 Å². The summed E-state index contributed by atoms with van der Waals surface area (Å²) in [6, 6.07) is 0. The lowest BCUT2D eigenvalue weighted by molar-refractivity contribution is 0.00192. The van der Waals surface area contributed by atoms with Crippen molar-refractivity contribution < 1.29 is 14.6 Å². The molecule has 0 spiro atoms. The lowest BCUT2D eigenvalue weighted by atomic mass is 9.61. The molecule has 3 rings (SSSR count). The van der Waals surface area contributed by atoms with Gasteiger partial charge in [-0.25, -0.2) is 4.79 Å². The van der Waals surface area contributed by atoms with Crippen molar-refractivity contribution >= 4 is 6.09 Å². The van der Waals surface area contributed by atoms with Gasteiger partial charge in [-0.1, -0.05) is 32.1 Å². The highest BCUT2D eigenvalue weighted by atomic mass is 16.6. The zero-order valence-electron chi connectivity index (χ0n) is 17.8. The van der Waals surface area contributed by atoms with Crippen molar-refractivity contribution in [3.63, 3.8) is 0 Å². The van der Waals surface area contributed by atoms with Gasteiger partial charge in [0.15, 0.2) is 0 Å². The van der Waals surface area contributed by atoms with Crippen LogP contribution in [0.4, 0.5) is 4.79 Å². The van der Waals surface area contributed by atoms with Crippen LogP contribution in [0.1, 0.15) is 104 Å². The smallest absolute Gasteiger partial charge is 0.408 e. The summed E-state index contributed by atoms with van der Waals surface area (Å²) in [5.74, 6) is 1.75. The van der Waals surface area contributed by atoms with Crippen LogP contribution in [0, 0.1) is 17.8 Å². The van der Waals surface area contributed by atoms with Crippen molar-refractivity contribution in [1.82, 2.24) is 5.32 Å². The Morgan fingerprint density at radius 1 is 1.04 bits per heavy atom. The number of alkyl carbamates (subject to hydrolysis) is 1. The van der Waals surface area contributed by atoms with Gasteiger partial charge in [-0.15, -0.1) is 0 Å². The van der Waals surface area contributed by atoms with Crippen LogP contribution in [-0.4, -0.2) is 28.4 Å². The monoisotopic (exact) mass is 379 g/mol. The Balaban J connectivity index is 1.47. The predicted molar refractivity (Wildman–Crippen MR) is 109 cm³/mol. The largest absolute Gasteiger partial charge is 0.444 e. The maximum atomic E-state index is 12.3. The third-order valence-electron chi connectivity index (χ3n) is 7.39. The first-order valence-electron chi connectivity index (χ1n) is 11.5. The molecule has 3 fully saturated rings. The molecule has 0 aliphatic heterocycles. The molecule has 1 unspecified atom stereocenters. The van der Waals surface area contributed by atoms with Crippen LogP contribution in [0.15, 0.2) is 0 Å². The highest BCUT2D eigenvalue weighted by Crippen LogP contribution is 2.47. The third kappa shape index (κ3) is 5.62. The van der Waals surface area contributed by atoms with E-state index >= 15 is 0 Å². The Morgan fingerprint density at radius 2 is 1.67 bits per heavy atom. The van der Waals surface area contributed by atoms with Gasteiger partial charge in [-0.05, 0) is 89.9 Å². The van der Waals surface area contributed by atoms with Crippen molar-refractivity contribution in [1.29, 1.82) is 0 Å². The van der Waals surface area contributed by atoms with E-state index in [4.69, 9.17) is 4.74 Å². The molecule has 1 amide bonds. The van der Waals surface area contributed by atoms with Crippen molar-refractivity contribution in [2.75, 3.05) is 0 Å².